The number of fused-ring (bicyclic) bond motifs is 1. The summed E-state index contributed by atoms with van der Waals surface area (Å²) in [5.74, 6) is -3.69. The first-order valence-corrected chi connectivity index (χ1v) is 20.0. The summed E-state index contributed by atoms with van der Waals surface area (Å²) in [5, 5.41) is 2.49. The number of hydrogen-bond donors (Lipinski definition) is 3. The Balaban J connectivity index is 2.11. The minimum Gasteiger partial charge on any atom is -0.364 e. The van der Waals surface area contributed by atoms with Gasteiger partial charge in [-0.1, -0.05) is 25.7 Å². The first kappa shape index (κ1) is 34.8. The lowest BCUT2D eigenvalue weighted by Gasteiger charge is -2.31. The first-order valence-electron chi connectivity index (χ1n) is 16.1. The van der Waals surface area contributed by atoms with Crippen molar-refractivity contribution < 1.29 is 38.4 Å². The maximum Gasteiger partial charge on any atom is 0.416 e. The number of nitrogens with one attached hydrogen (secondary N) is 2. The molecule has 1 fully saturated rings. The molecular formula is C30H50F5N5O3SSi. The van der Waals surface area contributed by atoms with Crippen molar-refractivity contribution in [1.29, 1.82) is 0 Å². The molecule has 0 radical (unpaired) electrons. The van der Waals surface area contributed by atoms with Crippen LogP contribution >= 0.6 is 0 Å². The lowest BCUT2D eigenvalue weighted by atomic mass is 10.0. The molecule has 258 valence electrons. The van der Waals surface area contributed by atoms with E-state index in [1.165, 1.54) is 0 Å². The zero-order chi connectivity index (χ0) is 35.8. The summed E-state index contributed by atoms with van der Waals surface area (Å²) in [5.41, 5.74) is 4.11. The number of rotatable bonds is 17. The van der Waals surface area contributed by atoms with Gasteiger partial charge in [-0.3, -0.25) is 0 Å². The van der Waals surface area contributed by atoms with Gasteiger partial charge in [0.1, 0.15) is 18.6 Å². The summed E-state index contributed by atoms with van der Waals surface area (Å²) in [6, 6.07) is 4.08. The normalized spacial score (nSPS) is 18.5. The van der Waals surface area contributed by atoms with E-state index in [1.807, 2.05) is 0 Å². The Bertz CT molecular complexity index is 1390. The number of benzene rings is 1. The lowest BCUT2D eigenvalue weighted by molar-refractivity contribution is -0.265. The van der Waals surface area contributed by atoms with Crippen molar-refractivity contribution in [3.8, 4) is 0 Å². The van der Waals surface area contributed by atoms with E-state index in [9.17, 15) is 26.2 Å². The molecule has 3 atom stereocenters. The second kappa shape index (κ2) is 14.3. The van der Waals surface area contributed by atoms with Gasteiger partial charge in [0.05, 0.1) is 46.4 Å². The molecule has 0 saturated heterocycles. The quantitative estimate of drug-likeness (QED) is 0.101. The molecule has 0 bridgehead atoms. The van der Waals surface area contributed by atoms with Crippen LogP contribution in [-0.2, 0) is 27.2 Å². The van der Waals surface area contributed by atoms with Gasteiger partial charge < -0.3 is 25.1 Å². The topological polar surface area (TPSA) is 103 Å². The molecule has 1 saturated carbocycles. The van der Waals surface area contributed by atoms with Crippen LogP contribution in [0.1, 0.15) is 73.7 Å². The van der Waals surface area contributed by atoms with E-state index in [1.54, 1.807) is 43.5 Å². The van der Waals surface area contributed by atoms with Gasteiger partial charge in [0.25, 0.3) is 5.92 Å². The zero-order valence-corrected chi connectivity index (χ0v) is 29.2. The molecule has 1 heterocycles. The van der Waals surface area contributed by atoms with Crippen molar-refractivity contribution in [1.82, 2.24) is 19.6 Å². The fourth-order valence-electron chi connectivity index (χ4n) is 4.27. The summed E-state index contributed by atoms with van der Waals surface area (Å²) in [4.78, 5) is 4.77. The molecule has 1 aliphatic rings. The van der Waals surface area contributed by atoms with E-state index in [4.69, 9.17) is 22.9 Å². The molecule has 0 unspecified atom stereocenters. The van der Waals surface area contributed by atoms with Crippen molar-refractivity contribution in [2.45, 2.75) is 114 Å². The molecule has 15 heteroatoms. The van der Waals surface area contributed by atoms with E-state index in [0.29, 0.717) is 36.0 Å². The third-order valence-corrected chi connectivity index (χ3v) is 10.9. The van der Waals surface area contributed by atoms with Crippen LogP contribution in [0.25, 0.3) is 11.0 Å². The Labute approximate surface area is 269 Å². The van der Waals surface area contributed by atoms with Gasteiger partial charge in [-0.15, -0.1) is 0 Å². The predicted molar refractivity (Wildman–Crippen MR) is 171 cm³/mol. The van der Waals surface area contributed by atoms with Crippen molar-refractivity contribution >= 4 is 30.1 Å². The molecule has 1 aromatic heterocycles. The van der Waals surface area contributed by atoms with Gasteiger partial charge in [0.15, 0.2) is 5.60 Å². The summed E-state index contributed by atoms with van der Waals surface area (Å²) >= 11 is 0. The summed E-state index contributed by atoms with van der Waals surface area (Å²) in [7, 11) is -3.18. The van der Waals surface area contributed by atoms with Crippen LogP contribution in [0.4, 0.5) is 22.0 Å². The van der Waals surface area contributed by atoms with E-state index in [2.05, 4.69) is 29.7 Å². The highest BCUT2D eigenvalue weighted by Gasteiger charge is 2.49. The Morgan fingerprint density at radius 3 is 2.33 bits per heavy atom. The predicted octanol–water partition coefficient (Wildman–Crippen LogP) is 6.43. The van der Waals surface area contributed by atoms with Gasteiger partial charge in [0, 0.05) is 23.5 Å². The zero-order valence-electron chi connectivity index (χ0n) is 29.4. The maximum atomic E-state index is 14.4. The molecule has 8 nitrogen and oxygen atoms in total. The van der Waals surface area contributed by atoms with E-state index >= 15 is 0 Å². The van der Waals surface area contributed by atoms with Crippen molar-refractivity contribution in [3.05, 3.63) is 29.6 Å². The van der Waals surface area contributed by atoms with Gasteiger partial charge in [0.2, 0.25) is 0 Å². The summed E-state index contributed by atoms with van der Waals surface area (Å²) in [6.45, 7) is 9.24. The van der Waals surface area contributed by atoms with Crippen LogP contribution in [0.2, 0.25) is 25.7 Å². The Hall–Kier alpha value is -1.49. The van der Waals surface area contributed by atoms with Gasteiger partial charge in [-0.05, 0) is 77.1 Å². The number of nitrogens with two attached hydrogens (primary N) is 1. The minimum atomic E-state index is -4.67. The third-order valence-electron chi connectivity index (χ3n) is 7.55. The maximum absolute atomic E-state index is 14.4. The van der Waals surface area contributed by atoms with Gasteiger partial charge in [-0.2, -0.15) is 13.2 Å². The number of aromatic nitrogens is 2. The SMILES string of the molecule is [2H]C([2H])(N[C@@H](c1ccc2c(c1)nc([C@H](COC(C)(C)C(F)(F)F)N[S@](=O)C(C)(C)C)n2COCC[Si](C)(C)C)C1CC1)C(F)(F)CN. The molecule has 4 N–H and O–H groups in total. The van der Waals surface area contributed by atoms with E-state index < -0.39 is 73.2 Å². The monoisotopic (exact) mass is 685 g/mol. The van der Waals surface area contributed by atoms with Crippen LogP contribution in [-0.4, -0.2) is 70.5 Å². The highest BCUT2D eigenvalue weighted by molar-refractivity contribution is 7.84. The molecule has 0 aliphatic heterocycles. The average molecular weight is 686 g/mol. The molecule has 45 heavy (non-hydrogen) atoms. The number of imidazole rings is 1. The largest absolute Gasteiger partial charge is 0.416 e. The van der Waals surface area contributed by atoms with Crippen LogP contribution in [0.15, 0.2) is 18.2 Å². The van der Waals surface area contributed by atoms with Crippen LogP contribution < -0.4 is 15.8 Å². The first-order chi connectivity index (χ1) is 21.3. The molecule has 3 rings (SSSR count). The molecule has 2 aromatic rings. The smallest absolute Gasteiger partial charge is 0.364 e. The highest BCUT2D eigenvalue weighted by atomic mass is 32.2. The second-order valence-corrected chi connectivity index (χ2v) is 22.0. The molecule has 1 aliphatic carbocycles. The second-order valence-electron chi connectivity index (χ2n) is 14.4. The number of alkyl halides is 5. The number of hydrogen-bond acceptors (Lipinski definition) is 6. The number of nitrogens with zero attached hydrogens (tertiary/aromatic N) is 2. The fraction of sp³-hybridized carbons (Fsp3) is 0.767. The fourth-order valence-corrected chi connectivity index (χ4v) is 5.81. The minimum absolute atomic E-state index is 0.00572. The number of ether oxygens (including phenoxy) is 2. The summed E-state index contributed by atoms with van der Waals surface area (Å²) in [6.07, 6.45) is -3.25. The lowest BCUT2D eigenvalue weighted by Crippen LogP contribution is -2.45. The van der Waals surface area contributed by atoms with Crippen LogP contribution in [0.3, 0.4) is 0 Å². The van der Waals surface area contributed by atoms with Crippen molar-refractivity contribution in [3.63, 3.8) is 0 Å². The molecule has 0 amide bonds. The summed E-state index contributed by atoms with van der Waals surface area (Å²) < 4.78 is 115. The molecular weight excluding hydrogens is 634 g/mol. The number of halogens is 5. The van der Waals surface area contributed by atoms with E-state index in [0.717, 1.165) is 19.9 Å². The van der Waals surface area contributed by atoms with Crippen LogP contribution in [0, 0.1) is 5.92 Å². The van der Waals surface area contributed by atoms with Gasteiger partial charge in [-0.25, -0.2) is 22.7 Å². The Morgan fingerprint density at radius 2 is 1.80 bits per heavy atom. The average Bonchev–Trinajstić information content (AvgIpc) is 3.71. The van der Waals surface area contributed by atoms with Crippen LogP contribution in [0.5, 0.6) is 0 Å². The standard InChI is InChI=1S/C30H50F5N5O3SSi/c1-27(2,3)44(41)39-23(16-43-28(4,5)30(33,34)35)26-38-22-15-21(25(20-9-10-20)37-18-29(31,32)17-36)11-12-24(22)40(26)19-42-13-14-45(6,7)8/h11-12,15,20,23,25,37,39H,9-10,13-14,16-19,36H2,1-8H3/t23-,25+,44+/m0/s1/i18D2. The molecule has 1 aromatic carbocycles. The molecule has 0 spiro atoms. The Morgan fingerprint density at radius 1 is 1.16 bits per heavy atom. The van der Waals surface area contributed by atoms with Crippen molar-refractivity contribution in [2.24, 2.45) is 11.7 Å². The van der Waals surface area contributed by atoms with Gasteiger partial charge >= 0.3 is 6.18 Å². The highest BCUT2D eigenvalue weighted by Crippen LogP contribution is 2.42. The Kier molecular flexibility index (Phi) is 11.1. The third kappa shape index (κ3) is 10.8. The van der Waals surface area contributed by atoms with Crippen molar-refractivity contribution in [2.75, 3.05) is 26.3 Å². The van der Waals surface area contributed by atoms with E-state index in [-0.39, 0.29) is 18.5 Å².